The third-order valence-electron chi connectivity index (χ3n) is 3.03. The van der Waals surface area contributed by atoms with E-state index in [0.717, 1.165) is 32.8 Å². The van der Waals surface area contributed by atoms with Gasteiger partial charge in [-0.15, -0.1) is 11.3 Å². The van der Waals surface area contributed by atoms with Crippen molar-refractivity contribution >= 4 is 49.0 Å². The highest BCUT2D eigenvalue weighted by molar-refractivity contribution is 9.09. The molecule has 0 atom stereocenters. The number of halogens is 1. The molecular formula is C15H14BrN3OS. The zero-order chi connectivity index (χ0) is 14.7. The van der Waals surface area contributed by atoms with Crippen molar-refractivity contribution in [2.24, 2.45) is 0 Å². The van der Waals surface area contributed by atoms with Gasteiger partial charge in [0, 0.05) is 5.33 Å². The van der Waals surface area contributed by atoms with Crippen LogP contribution < -0.4 is 10.1 Å². The minimum atomic E-state index is 0.620. The van der Waals surface area contributed by atoms with Crippen molar-refractivity contribution in [1.82, 2.24) is 9.97 Å². The van der Waals surface area contributed by atoms with Crippen LogP contribution in [0.15, 0.2) is 36.0 Å². The highest BCUT2D eigenvalue weighted by Gasteiger charge is 2.10. The molecule has 6 heteroatoms. The van der Waals surface area contributed by atoms with Gasteiger partial charge in [-0.2, -0.15) is 0 Å². The lowest BCUT2D eigenvalue weighted by atomic mass is 10.2. The van der Waals surface area contributed by atoms with Gasteiger partial charge in [0.1, 0.15) is 22.7 Å². The number of benzene rings is 1. The first-order valence-corrected chi connectivity index (χ1v) is 8.53. The molecule has 0 fully saturated rings. The molecule has 0 aliphatic rings. The number of nitrogens with one attached hydrogen (secondary N) is 1. The molecule has 0 aliphatic heterocycles. The number of anilines is 2. The topological polar surface area (TPSA) is 47.0 Å². The third kappa shape index (κ3) is 3.01. The zero-order valence-electron chi connectivity index (χ0n) is 11.5. The Bertz CT molecular complexity index is 760. The van der Waals surface area contributed by atoms with Gasteiger partial charge in [0.25, 0.3) is 0 Å². The van der Waals surface area contributed by atoms with Crippen LogP contribution in [0.2, 0.25) is 0 Å². The van der Waals surface area contributed by atoms with Crippen molar-refractivity contribution in [1.29, 1.82) is 0 Å². The van der Waals surface area contributed by atoms with E-state index in [1.165, 1.54) is 5.56 Å². The van der Waals surface area contributed by atoms with E-state index < -0.39 is 0 Å². The smallest absolute Gasteiger partial charge is 0.142 e. The predicted octanol–water partition coefficient (Wildman–Crippen LogP) is 4.52. The standard InChI is InChI=1S/C15H14BrN3OS/c1-10-8-21-15-13(10)14(17-9-18-15)19-11-4-2-3-5-12(11)20-7-6-16/h2-5,8-9H,6-7H2,1H3,(H,17,18,19). The molecule has 0 unspecified atom stereocenters. The highest BCUT2D eigenvalue weighted by atomic mass is 79.9. The number of fused-ring (bicyclic) bond motifs is 1. The number of nitrogens with zero attached hydrogens (tertiary/aromatic N) is 2. The van der Waals surface area contributed by atoms with Crippen LogP contribution in [0, 0.1) is 6.92 Å². The van der Waals surface area contributed by atoms with Crippen molar-refractivity contribution in [3.05, 3.63) is 41.5 Å². The number of thiophene rings is 1. The first-order valence-electron chi connectivity index (χ1n) is 6.53. The van der Waals surface area contributed by atoms with E-state index in [4.69, 9.17) is 4.74 Å². The molecule has 0 aliphatic carbocycles. The summed E-state index contributed by atoms with van der Waals surface area (Å²) >= 11 is 5.00. The Balaban J connectivity index is 1.97. The largest absolute Gasteiger partial charge is 0.491 e. The van der Waals surface area contributed by atoms with Gasteiger partial charge in [-0.3, -0.25) is 0 Å². The average molecular weight is 364 g/mol. The second-order valence-corrected chi connectivity index (χ2v) is 6.13. The maximum Gasteiger partial charge on any atom is 0.142 e. The molecule has 108 valence electrons. The maximum atomic E-state index is 5.73. The van der Waals surface area contributed by atoms with Crippen LogP contribution in [0.3, 0.4) is 0 Å². The van der Waals surface area contributed by atoms with Gasteiger partial charge in [-0.25, -0.2) is 9.97 Å². The van der Waals surface area contributed by atoms with E-state index >= 15 is 0 Å². The summed E-state index contributed by atoms with van der Waals surface area (Å²) in [6, 6.07) is 7.87. The summed E-state index contributed by atoms with van der Waals surface area (Å²) < 4.78 is 5.73. The Labute approximate surface area is 135 Å². The minimum absolute atomic E-state index is 0.620. The number of ether oxygens (including phenoxy) is 1. The molecule has 4 nitrogen and oxygen atoms in total. The van der Waals surface area contributed by atoms with Crippen LogP contribution in [0.4, 0.5) is 11.5 Å². The number of para-hydroxylation sites is 2. The van der Waals surface area contributed by atoms with Crippen molar-refractivity contribution < 1.29 is 4.74 Å². The summed E-state index contributed by atoms with van der Waals surface area (Å²) in [6.45, 7) is 2.69. The normalized spacial score (nSPS) is 10.8. The molecular weight excluding hydrogens is 350 g/mol. The highest BCUT2D eigenvalue weighted by Crippen LogP contribution is 2.33. The molecule has 0 saturated heterocycles. The molecule has 1 N–H and O–H groups in total. The second kappa shape index (κ2) is 6.41. The molecule has 2 heterocycles. The fourth-order valence-electron chi connectivity index (χ4n) is 2.08. The summed E-state index contributed by atoms with van der Waals surface area (Å²) in [7, 11) is 0. The number of rotatable bonds is 5. The van der Waals surface area contributed by atoms with E-state index in [2.05, 4.69) is 43.5 Å². The van der Waals surface area contributed by atoms with E-state index in [1.54, 1.807) is 17.7 Å². The Kier molecular flexibility index (Phi) is 4.36. The lowest BCUT2D eigenvalue weighted by Gasteiger charge is -2.12. The van der Waals surface area contributed by atoms with Gasteiger partial charge in [-0.05, 0) is 30.0 Å². The molecule has 2 aromatic heterocycles. The number of alkyl halides is 1. The second-order valence-electron chi connectivity index (χ2n) is 4.48. The lowest BCUT2D eigenvalue weighted by Crippen LogP contribution is -2.02. The van der Waals surface area contributed by atoms with Crippen LogP contribution in [0.25, 0.3) is 10.2 Å². The monoisotopic (exact) mass is 363 g/mol. The summed E-state index contributed by atoms with van der Waals surface area (Å²) in [5, 5.41) is 7.32. The van der Waals surface area contributed by atoms with Gasteiger partial charge < -0.3 is 10.1 Å². The van der Waals surface area contributed by atoms with Crippen LogP contribution in [0.5, 0.6) is 5.75 Å². The van der Waals surface area contributed by atoms with Crippen molar-refractivity contribution in [3.8, 4) is 5.75 Å². The SMILES string of the molecule is Cc1csc2ncnc(Nc3ccccc3OCCBr)c12. The van der Waals surface area contributed by atoms with E-state index in [9.17, 15) is 0 Å². The summed E-state index contributed by atoms with van der Waals surface area (Å²) in [4.78, 5) is 9.67. The third-order valence-corrected chi connectivity index (χ3v) is 4.36. The summed E-state index contributed by atoms with van der Waals surface area (Å²) in [5.41, 5.74) is 2.08. The van der Waals surface area contributed by atoms with Crippen molar-refractivity contribution in [2.75, 3.05) is 17.3 Å². The van der Waals surface area contributed by atoms with Gasteiger partial charge in [0.05, 0.1) is 17.7 Å². The number of hydrogen-bond donors (Lipinski definition) is 1. The molecule has 0 saturated carbocycles. The Hall–Kier alpha value is -1.66. The molecule has 0 bridgehead atoms. The van der Waals surface area contributed by atoms with Gasteiger partial charge in [-0.1, -0.05) is 28.1 Å². The first kappa shape index (κ1) is 14.3. The molecule has 3 aromatic rings. The Morgan fingerprint density at radius 2 is 2.14 bits per heavy atom. The quantitative estimate of drug-likeness (QED) is 0.677. The predicted molar refractivity (Wildman–Crippen MR) is 91.2 cm³/mol. The lowest BCUT2D eigenvalue weighted by molar-refractivity contribution is 0.347. The average Bonchev–Trinajstić information content (AvgIpc) is 2.89. The zero-order valence-corrected chi connectivity index (χ0v) is 13.9. The molecule has 0 spiro atoms. The summed E-state index contributed by atoms with van der Waals surface area (Å²) in [5.74, 6) is 1.63. The molecule has 3 rings (SSSR count). The maximum absolute atomic E-state index is 5.73. The van der Waals surface area contributed by atoms with E-state index in [1.807, 2.05) is 24.3 Å². The fraction of sp³-hybridized carbons (Fsp3) is 0.200. The van der Waals surface area contributed by atoms with Crippen molar-refractivity contribution in [2.45, 2.75) is 6.92 Å². The minimum Gasteiger partial charge on any atom is -0.491 e. The van der Waals surface area contributed by atoms with Crippen LogP contribution in [0.1, 0.15) is 5.56 Å². The van der Waals surface area contributed by atoms with Gasteiger partial charge in [0.15, 0.2) is 0 Å². The molecule has 21 heavy (non-hydrogen) atoms. The van der Waals surface area contributed by atoms with Crippen molar-refractivity contribution in [3.63, 3.8) is 0 Å². The number of aryl methyl sites for hydroxylation is 1. The number of aromatic nitrogens is 2. The Morgan fingerprint density at radius 3 is 3.00 bits per heavy atom. The van der Waals surface area contributed by atoms with E-state index in [-0.39, 0.29) is 0 Å². The fourth-order valence-corrected chi connectivity index (χ4v) is 3.14. The molecule has 0 radical (unpaired) electrons. The van der Waals surface area contributed by atoms with Crippen LogP contribution >= 0.6 is 27.3 Å². The molecule has 0 amide bonds. The van der Waals surface area contributed by atoms with Crippen LogP contribution in [-0.2, 0) is 0 Å². The first-order chi connectivity index (χ1) is 10.3. The van der Waals surface area contributed by atoms with Crippen LogP contribution in [-0.4, -0.2) is 21.9 Å². The van der Waals surface area contributed by atoms with E-state index in [0.29, 0.717) is 6.61 Å². The Morgan fingerprint density at radius 1 is 1.29 bits per heavy atom. The number of hydrogen-bond acceptors (Lipinski definition) is 5. The summed E-state index contributed by atoms with van der Waals surface area (Å²) in [6.07, 6.45) is 1.59. The van der Waals surface area contributed by atoms with Gasteiger partial charge in [0.2, 0.25) is 0 Å². The molecule has 1 aromatic carbocycles. The van der Waals surface area contributed by atoms with Gasteiger partial charge >= 0.3 is 0 Å².